The molecule has 3 nitrogen and oxygen atoms in total. The topological polar surface area (TPSA) is 50.9 Å². The van der Waals surface area contributed by atoms with Crippen molar-refractivity contribution in [1.29, 1.82) is 0 Å². The van der Waals surface area contributed by atoms with Crippen LogP contribution in [0.3, 0.4) is 0 Å². The Bertz CT molecular complexity index is 371. The van der Waals surface area contributed by atoms with E-state index in [4.69, 9.17) is 17.3 Å². The van der Waals surface area contributed by atoms with Crippen molar-refractivity contribution >= 4 is 17.4 Å². The molecule has 1 atom stereocenters. The lowest BCUT2D eigenvalue weighted by molar-refractivity contribution is 0.268. The van der Waals surface area contributed by atoms with Crippen LogP contribution in [0.25, 0.3) is 0 Å². The van der Waals surface area contributed by atoms with E-state index in [1.165, 1.54) is 0 Å². The molecule has 0 saturated heterocycles. The van der Waals surface area contributed by atoms with Crippen LogP contribution in [-0.2, 0) is 6.42 Å². The van der Waals surface area contributed by atoms with Gasteiger partial charge in [-0.15, -0.1) is 0 Å². The molecule has 4 heteroatoms. The molecule has 0 fully saturated rings. The van der Waals surface area contributed by atoms with Crippen molar-refractivity contribution in [2.24, 2.45) is 5.41 Å². The highest BCUT2D eigenvalue weighted by Crippen LogP contribution is 2.24. The zero-order valence-electron chi connectivity index (χ0n) is 11.0. The van der Waals surface area contributed by atoms with Crippen LogP contribution in [0.5, 0.6) is 0 Å². The van der Waals surface area contributed by atoms with Crippen molar-refractivity contribution < 1.29 is 0 Å². The first-order chi connectivity index (χ1) is 7.84. The summed E-state index contributed by atoms with van der Waals surface area (Å²) in [4.78, 5) is 4.07. The minimum atomic E-state index is 0.232. The fraction of sp³-hybridized carbons (Fsp3) is 0.615. The molecule has 0 bridgehead atoms. The normalized spacial score (nSPS) is 13.7. The van der Waals surface area contributed by atoms with Gasteiger partial charge in [-0.25, -0.2) is 4.98 Å². The molecule has 17 heavy (non-hydrogen) atoms. The van der Waals surface area contributed by atoms with E-state index in [0.717, 1.165) is 18.4 Å². The molecule has 0 radical (unpaired) electrons. The zero-order valence-corrected chi connectivity index (χ0v) is 11.8. The molecule has 0 aliphatic carbocycles. The molecule has 0 aliphatic rings. The first kappa shape index (κ1) is 14.3. The predicted molar refractivity (Wildman–Crippen MR) is 74.3 cm³/mol. The third-order valence-corrected chi connectivity index (χ3v) is 3.27. The zero-order chi connectivity index (χ0) is 13.1. The number of pyridine rings is 1. The fourth-order valence-corrected chi connectivity index (χ4v) is 2.18. The molecule has 1 aromatic rings. The van der Waals surface area contributed by atoms with Crippen LogP contribution in [0, 0.1) is 5.41 Å². The van der Waals surface area contributed by atoms with Crippen LogP contribution in [0.1, 0.15) is 32.8 Å². The maximum atomic E-state index is 5.92. The Morgan fingerprint density at radius 2 is 2.12 bits per heavy atom. The van der Waals surface area contributed by atoms with E-state index in [1.807, 2.05) is 13.1 Å². The van der Waals surface area contributed by atoms with Gasteiger partial charge >= 0.3 is 0 Å². The summed E-state index contributed by atoms with van der Waals surface area (Å²) in [7, 11) is 2.00. The molecule has 0 aliphatic heterocycles. The lowest BCUT2D eigenvalue weighted by atomic mass is 9.83. The van der Waals surface area contributed by atoms with Crippen molar-refractivity contribution in [3.05, 3.63) is 22.8 Å². The van der Waals surface area contributed by atoms with Crippen LogP contribution in [0.4, 0.5) is 5.82 Å². The second kappa shape index (κ2) is 5.69. The van der Waals surface area contributed by atoms with Crippen molar-refractivity contribution in [3.8, 4) is 0 Å². The summed E-state index contributed by atoms with van der Waals surface area (Å²) in [5.74, 6) is 0.582. The third kappa shape index (κ3) is 4.17. The largest absolute Gasteiger partial charge is 0.383 e. The molecule has 0 saturated carbocycles. The van der Waals surface area contributed by atoms with E-state index < -0.39 is 0 Å². The first-order valence-electron chi connectivity index (χ1n) is 5.91. The summed E-state index contributed by atoms with van der Waals surface area (Å²) in [6.07, 6.45) is 3.49. The number of aromatic nitrogens is 1. The number of hydrogen-bond donors (Lipinski definition) is 2. The molecule has 0 spiro atoms. The Balaban J connectivity index is 2.69. The second-order valence-corrected chi connectivity index (χ2v) is 5.88. The number of aryl methyl sites for hydroxylation is 1. The van der Waals surface area contributed by atoms with E-state index in [1.54, 1.807) is 6.20 Å². The van der Waals surface area contributed by atoms with Crippen molar-refractivity contribution in [3.63, 3.8) is 0 Å². The molecule has 1 aromatic heterocycles. The van der Waals surface area contributed by atoms with Gasteiger partial charge in [0.1, 0.15) is 5.82 Å². The van der Waals surface area contributed by atoms with E-state index in [2.05, 4.69) is 31.1 Å². The Morgan fingerprint density at radius 3 is 2.65 bits per heavy atom. The van der Waals surface area contributed by atoms with Crippen LogP contribution in [-0.4, -0.2) is 18.1 Å². The van der Waals surface area contributed by atoms with Gasteiger partial charge in [0.15, 0.2) is 0 Å². The van der Waals surface area contributed by atoms with Gasteiger partial charge < -0.3 is 11.1 Å². The van der Waals surface area contributed by atoms with Crippen LogP contribution >= 0.6 is 11.6 Å². The Morgan fingerprint density at radius 1 is 1.47 bits per heavy atom. The molecule has 1 heterocycles. The Hall–Kier alpha value is -0.800. The van der Waals surface area contributed by atoms with E-state index in [0.29, 0.717) is 16.9 Å². The summed E-state index contributed by atoms with van der Waals surface area (Å²) < 4.78 is 0. The fourth-order valence-electron chi connectivity index (χ4n) is 2.00. The van der Waals surface area contributed by atoms with Gasteiger partial charge in [0, 0.05) is 12.2 Å². The summed E-state index contributed by atoms with van der Waals surface area (Å²) in [5.41, 5.74) is 7.10. The number of nitrogens with zero attached hydrogens (tertiary/aromatic N) is 1. The van der Waals surface area contributed by atoms with Crippen LogP contribution < -0.4 is 11.1 Å². The smallest absolute Gasteiger partial charge is 0.126 e. The minimum Gasteiger partial charge on any atom is -0.383 e. The molecular formula is C13H22ClN3. The SMILES string of the molecule is CNC(CCc1cc(Cl)cnc1N)C(C)(C)C. The van der Waals surface area contributed by atoms with Gasteiger partial charge in [-0.2, -0.15) is 0 Å². The third-order valence-electron chi connectivity index (χ3n) is 3.06. The summed E-state index contributed by atoms with van der Waals surface area (Å²) in [5, 5.41) is 4.00. The number of hydrogen-bond acceptors (Lipinski definition) is 3. The highest BCUT2D eigenvalue weighted by molar-refractivity contribution is 6.30. The number of anilines is 1. The van der Waals surface area contributed by atoms with Crippen LogP contribution in [0.2, 0.25) is 5.02 Å². The van der Waals surface area contributed by atoms with E-state index in [9.17, 15) is 0 Å². The molecule has 0 amide bonds. The number of nitrogens with one attached hydrogen (secondary N) is 1. The monoisotopic (exact) mass is 255 g/mol. The number of rotatable bonds is 4. The summed E-state index contributed by atoms with van der Waals surface area (Å²) in [6.45, 7) is 6.69. The standard InChI is InChI=1S/C13H22ClN3/c1-13(2,3)11(16-4)6-5-9-7-10(14)8-17-12(9)15/h7-8,11,16H,5-6H2,1-4H3,(H2,15,17). The van der Waals surface area contributed by atoms with Crippen molar-refractivity contribution in [1.82, 2.24) is 10.3 Å². The van der Waals surface area contributed by atoms with Crippen molar-refractivity contribution in [2.45, 2.75) is 39.7 Å². The quantitative estimate of drug-likeness (QED) is 0.870. The predicted octanol–water partition coefficient (Wildman–Crippen LogP) is 2.88. The minimum absolute atomic E-state index is 0.232. The summed E-state index contributed by atoms with van der Waals surface area (Å²) >= 11 is 5.92. The van der Waals surface area contributed by atoms with Crippen LogP contribution in [0.15, 0.2) is 12.3 Å². The average Bonchev–Trinajstić information content (AvgIpc) is 2.22. The maximum absolute atomic E-state index is 5.92. The number of halogens is 1. The van der Waals surface area contributed by atoms with Gasteiger partial charge in [0.05, 0.1) is 5.02 Å². The van der Waals surface area contributed by atoms with Gasteiger partial charge in [0.2, 0.25) is 0 Å². The molecule has 96 valence electrons. The molecule has 1 rings (SSSR count). The van der Waals surface area contributed by atoms with Gasteiger partial charge in [-0.3, -0.25) is 0 Å². The Labute approximate surface area is 109 Å². The average molecular weight is 256 g/mol. The lowest BCUT2D eigenvalue weighted by Crippen LogP contribution is -2.38. The number of nitrogen functional groups attached to an aromatic ring is 1. The van der Waals surface area contributed by atoms with Gasteiger partial charge in [-0.1, -0.05) is 32.4 Å². The second-order valence-electron chi connectivity index (χ2n) is 5.44. The first-order valence-corrected chi connectivity index (χ1v) is 6.29. The lowest BCUT2D eigenvalue weighted by Gasteiger charge is -2.30. The number of nitrogens with two attached hydrogens (primary N) is 1. The molecular weight excluding hydrogens is 234 g/mol. The van der Waals surface area contributed by atoms with Gasteiger partial charge in [-0.05, 0) is 36.9 Å². The van der Waals surface area contributed by atoms with Gasteiger partial charge in [0.25, 0.3) is 0 Å². The Kier molecular flexibility index (Phi) is 4.78. The maximum Gasteiger partial charge on any atom is 0.126 e. The highest BCUT2D eigenvalue weighted by Gasteiger charge is 2.22. The highest BCUT2D eigenvalue weighted by atomic mass is 35.5. The molecule has 3 N–H and O–H groups in total. The summed E-state index contributed by atoms with van der Waals surface area (Å²) in [6, 6.07) is 2.35. The molecule has 1 unspecified atom stereocenters. The van der Waals surface area contributed by atoms with E-state index in [-0.39, 0.29) is 5.41 Å². The molecule has 0 aromatic carbocycles. The van der Waals surface area contributed by atoms with E-state index >= 15 is 0 Å². The van der Waals surface area contributed by atoms with Crippen molar-refractivity contribution in [2.75, 3.05) is 12.8 Å².